The Labute approximate surface area is 186 Å². The molecule has 2 N–H and O–H groups in total. The maximum Gasteiger partial charge on any atom is 0.253 e. The lowest BCUT2D eigenvalue weighted by molar-refractivity contribution is 0.0717. The Bertz CT molecular complexity index is 1030. The standard InChI is InChI=1S/C24H24ClN3O3/c25-19-7-5-17(6-8-19)20-13-18(23(30)28-21-3-1-2-4-22(21)29)14-27-24(20)31-15-16-9-11-26-12-10-16/h5-14,21-22,29H,1-4,15H2,(H,28,30)/t21-,22-/m1/s1. The van der Waals surface area contributed by atoms with Crippen molar-refractivity contribution in [2.75, 3.05) is 0 Å². The summed E-state index contributed by atoms with van der Waals surface area (Å²) < 4.78 is 5.97. The Morgan fingerprint density at radius 1 is 1.13 bits per heavy atom. The molecule has 31 heavy (non-hydrogen) atoms. The molecule has 0 spiro atoms. The smallest absolute Gasteiger partial charge is 0.253 e. The Morgan fingerprint density at radius 3 is 2.61 bits per heavy atom. The number of benzene rings is 1. The van der Waals surface area contributed by atoms with Crippen molar-refractivity contribution in [2.24, 2.45) is 0 Å². The Balaban J connectivity index is 1.59. The van der Waals surface area contributed by atoms with Crippen LogP contribution in [0.2, 0.25) is 5.02 Å². The summed E-state index contributed by atoms with van der Waals surface area (Å²) >= 11 is 6.04. The van der Waals surface area contributed by atoms with Gasteiger partial charge in [-0.2, -0.15) is 0 Å². The highest BCUT2D eigenvalue weighted by Gasteiger charge is 2.25. The number of aliphatic hydroxyl groups is 1. The summed E-state index contributed by atoms with van der Waals surface area (Å²) in [7, 11) is 0. The normalized spacial score (nSPS) is 18.4. The average Bonchev–Trinajstić information content (AvgIpc) is 2.80. The van der Waals surface area contributed by atoms with Gasteiger partial charge < -0.3 is 15.2 Å². The van der Waals surface area contributed by atoms with Crippen LogP contribution in [0, 0.1) is 0 Å². The summed E-state index contributed by atoms with van der Waals surface area (Å²) in [5, 5.41) is 13.8. The molecule has 6 nitrogen and oxygen atoms in total. The molecule has 4 rings (SSSR count). The second kappa shape index (κ2) is 9.90. The zero-order valence-corrected chi connectivity index (χ0v) is 17.8. The van der Waals surface area contributed by atoms with Crippen molar-refractivity contribution in [2.45, 2.75) is 44.4 Å². The quantitative estimate of drug-likeness (QED) is 0.596. The molecule has 7 heteroatoms. The molecule has 1 aliphatic carbocycles. The van der Waals surface area contributed by atoms with Gasteiger partial charge >= 0.3 is 0 Å². The number of rotatable bonds is 6. The van der Waals surface area contributed by atoms with Crippen molar-refractivity contribution in [3.63, 3.8) is 0 Å². The third-order valence-electron chi connectivity index (χ3n) is 5.44. The fourth-order valence-corrected chi connectivity index (χ4v) is 3.82. The number of carbonyl (C=O) groups is 1. The van der Waals surface area contributed by atoms with E-state index in [1.165, 1.54) is 6.20 Å². The molecule has 1 saturated carbocycles. The van der Waals surface area contributed by atoms with Crippen LogP contribution in [0.4, 0.5) is 0 Å². The number of pyridine rings is 2. The maximum atomic E-state index is 12.9. The monoisotopic (exact) mass is 437 g/mol. The number of aromatic nitrogens is 2. The number of hydrogen-bond acceptors (Lipinski definition) is 5. The van der Waals surface area contributed by atoms with E-state index >= 15 is 0 Å². The third kappa shape index (κ3) is 5.40. The lowest BCUT2D eigenvalue weighted by atomic mass is 9.92. The van der Waals surface area contributed by atoms with Gasteiger partial charge in [-0.15, -0.1) is 0 Å². The molecule has 160 valence electrons. The highest BCUT2D eigenvalue weighted by molar-refractivity contribution is 6.30. The van der Waals surface area contributed by atoms with Crippen LogP contribution >= 0.6 is 11.6 Å². The molecular weight excluding hydrogens is 414 g/mol. The van der Waals surface area contributed by atoms with Gasteiger partial charge in [0.05, 0.1) is 17.7 Å². The molecule has 0 saturated heterocycles. The van der Waals surface area contributed by atoms with E-state index in [1.54, 1.807) is 30.6 Å². The van der Waals surface area contributed by atoms with Crippen molar-refractivity contribution in [3.05, 3.63) is 77.2 Å². The topological polar surface area (TPSA) is 84.3 Å². The van der Waals surface area contributed by atoms with E-state index in [4.69, 9.17) is 16.3 Å². The Hall–Kier alpha value is -2.96. The molecule has 2 atom stereocenters. The lowest BCUT2D eigenvalue weighted by Crippen LogP contribution is -2.45. The predicted molar refractivity (Wildman–Crippen MR) is 119 cm³/mol. The summed E-state index contributed by atoms with van der Waals surface area (Å²) in [5.74, 6) is 0.169. The van der Waals surface area contributed by atoms with Crippen molar-refractivity contribution in [3.8, 4) is 17.0 Å². The van der Waals surface area contributed by atoms with Crippen LogP contribution in [0.25, 0.3) is 11.1 Å². The van der Waals surface area contributed by atoms with Gasteiger partial charge in [-0.1, -0.05) is 36.6 Å². The summed E-state index contributed by atoms with van der Waals surface area (Å²) in [6, 6.07) is 12.6. The minimum absolute atomic E-state index is 0.233. The van der Waals surface area contributed by atoms with Gasteiger partial charge in [-0.05, 0) is 54.3 Å². The molecule has 2 heterocycles. The molecular formula is C24H24ClN3O3. The number of hydrogen-bond donors (Lipinski definition) is 2. The second-order valence-electron chi connectivity index (χ2n) is 7.66. The van der Waals surface area contributed by atoms with Gasteiger partial charge in [-0.25, -0.2) is 4.98 Å². The van der Waals surface area contributed by atoms with Crippen LogP contribution in [0.1, 0.15) is 41.6 Å². The number of ether oxygens (including phenoxy) is 1. The number of nitrogens with one attached hydrogen (secondary N) is 1. The minimum atomic E-state index is -0.510. The van der Waals surface area contributed by atoms with Crippen LogP contribution in [-0.2, 0) is 6.61 Å². The van der Waals surface area contributed by atoms with Crippen LogP contribution in [-0.4, -0.2) is 33.1 Å². The van der Waals surface area contributed by atoms with Crippen LogP contribution < -0.4 is 10.1 Å². The van der Waals surface area contributed by atoms with E-state index in [9.17, 15) is 9.90 Å². The van der Waals surface area contributed by atoms with Crippen molar-refractivity contribution < 1.29 is 14.6 Å². The fraction of sp³-hybridized carbons (Fsp3) is 0.292. The number of halogens is 1. The Morgan fingerprint density at radius 2 is 1.87 bits per heavy atom. The molecule has 3 aromatic rings. The van der Waals surface area contributed by atoms with Crippen molar-refractivity contribution in [1.82, 2.24) is 15.3 Å². The van der Waals surface area contributed by atoms with Gasteiger partial charge in [0.25, 0.3) is 5.91 Å². The molecule has 1 amide bonds. The van der Waals surface area contributed by atoms with Gasteiger partial charge in [-0.3, -0.25) is 9.78 Å². The molecule has 0 unspecified atom stereocenters. The van der Waals surface area contributed by atoms with Crippen LogP contribution in [0.3, 0.4) is 0 Å². The second-order valence-corrected chi connectivity index (χ2v) is 8.10. The van der Waals surface area contributed by atoms with E-state index in [1.807, 2.05) is 24.3 Å². The maximum absolute atomic E-state index is 12.9. The van der Waals surface area contributed by atoms with Crippen LogP contribution in [0.15, 0.2) is 61.1 Å². The zero-order valence-electron chi connectivity index (χ0n) is 17.0. The Kier molecular flexibility index (Phi) is 6.79. The average molecular weight is 438 g/mol. The first-order chi connectivity index (χ1) is 15.1. The summed E-state index contributed by atoms with van der Waals surface area (Å²) in [5.41, 5.74) is 2.92. The number of aliphatic hydroxyl groups excluding tert-OH is 1. The molecule has 1 fully saturated rings. The van der Waals surface area contributed by atoms with E-state index in [0.717, 1.165) is 30.4 Å². The largest absolute Gasteiger partial charge is 0.472 e. The number of amides is 1. The van der Waals surface area contributed by atoms with Crippen molar-refractivity contribution >= 4 is 17.5 Å². The summed E-state index contributed by atoms with van der Waals surface area (Å²) in [6.45, 7) is 0.329. The third-order valence-corrected chi connectivity index (χ3v) is 5.69. The minimum Gasteiger partial charge on any atom is -0.472 e. The first-order valence-corrected chi connectivity index (χ1v) is 10.7. The zero-order chi connectivity index (χ0) is 21.6. The van der Waals surface area contributed by atoms with E-state index in [2.05, 4.69) is 15.3 Å². The van der Waals surface area contributed by atoms with E-state index < -0.39 is 6.10 Å². The first-order valence-electron chi connectivity index (χ1n) is 10.4. The predicted octanol–water partition coefficient (Wildman–Crippen LogP) is 4.41. The van der Waals surface area contributed by atoms with Gasteiger partial charge in [0.1, 0.15) is 6.61 Å². The lowest BCUT2D eigenvalue weighted by Gasteiger charge is -2.28. The summed E-state index contributed by atoms with van der Waals surface area (Å²) in [4.78, 5) is 21.3. The molecule has 0 bridgehead atoms. The van der Waals surface area contributed by atoms with Crippen LogP contribution in [0.5, 0.6) is 5.88 Å². The molecule has 0 aliphatic heterocycles. The van der Waals surface area contributed by atoms with Gasteiger partial charge in [0.15, 0.2) is 0 Å². The van der Waals surface area contributed by atoms with Gasteiger partial charge in [0.2, 0.25) is 5.88 Å². The fourth-order valence-electron chi connectivity index (χ4n) is 3.69. The van der Waals surface area contributed by atoms with Crippen molar-refractivity contribution in [1.29, 1.82) is 0 Å². The summed E-state index contributed by atoms with van der Waals surface area (Å²) in [6.07, 6.45) is 7.88. The number of nitrogens with zero attached hydrogens (tertiary/aromatic N) is 2. The highest BCUT2D eigenvalue weighted by Crippen LogP contribution is 2.31. The first kappa shape index (κ1) is 21.3. The van der Waals surface area contributed by atoms with E-state index in [-0.39, 0.29) is 11.9 Å². The molecule has 2 aromatic heterocycles. The molecule has 1 aromatic carbocycles. The van der Waals surface area contributed by atoms with Gasteiger partial charge in [0, 0.05) is 29.2 Å². The SMILES string of the molecule is O=C(N[C@@H]1CCCC[C@H]1O)c1cnc(OCc2ccncc2)c(-c2ccc(Cl)cc2)c1. The number of carbonyl (C=O) groups excluding carboxylic acids is 1. The highest BCUT2D eigenvalue weighted by atomic mass is 35.5. The molecule has 0 radical (unpaired) electrons. The molecule has 1 aliphatic rings. The van der Waals surface area contributed by atoms with E-state index in [0.29, 0.717) is 35.1 Å².